The lowest BCUT2D eigenvalue weighted by molar-refractivity contribution is 0.337. The van der Waals surface area contributed by atoms with Gasteiger partial charge in [-0.25, -0.2) is 0 Å². The Kier molecular flexibility index (Phi) is 4.45. The summed E-state index contributed by atoms with van der Waals surface area (Å²) in [4.78, 5) is 0. The van der Waals surface area contributed by atoms with Gasteiger partial charge in [-0.1, -0.05) is 30.0 Å². The standard InChI is InChI=1S/C15H20N4OS/c1-2-20-13-6-4-3-5-11(13)10-21-15-18-17-14(9-16)19(15)12-7-8-12/h3-6,12H,2,7-10,16H2,1H3. The number of nitrogens with two attached hydrogens (primary N) is 1. The summed E-state index contributed by atoms with van der Waals surface area (Å²) >= 11 is 1.70. The second-order valence-electron chi connectivity index (χ2n) is 5.03. The molecule has 2 N–H and O–H groups in total. The van der Waals surface area contributed by atoms with Crippen LogP contribution in [0.5, 0.6) is 5.75 Å². The molecule has 21 heavy (non-hydrogen) atoms. The molecule has 0 radical (unpaired) electrons. The average Bonchev–Trinajstić information content (AvgIpc) is 3.26. The quantitative estimate of drug-likeness (QED) is 0.797. The number of hydrogen-bond donors (Lipinski definition) is 1. The summed E-state index contributed by atoms with van der Waals surface area (Å²) in [5.74, 6) is 2.66. The van der Waals surface area contributed by atoms with E-state index in [4.69, 9.17) is 10.5 Å². The smallest absolute Gasteiger partial charge is 0.191 e. The molecule has 0 spiro atoms. The molecule has 5 nitrogen and oxygen atoms in total. The van der Waals surface area contributed by atoms with Crippen LogP contribution in [0.1, 0.15) is 37.2 Å². The maximum atomic E-state index is 5.75. The number of benzene rings is 1. The lowest BCUT2D eigenvalue weighted by Gasteiger charge is -2.10. The van der Waals surface area contributed by atoms with E-state index in [1.165, 1.54) is 18.4 Å². The summed E-state index contributed by atoms with van der Waals surface area (Å²) < 4.78 is 7.87. The first-order valence-electron chi connectivity index (χ1n) is 7.30. The van der Waals surface area contributed by atoms with Crippen molar-refractivity contribution in [3.8, 4) is 5.75 Å². The van der Waals surface area contributed by atoms with Gasteiger partial charge in [-0.2, -0.15) is 0 Å². The normalized spacial score (nSPS) is 14.4. The third-order valence-corrected chi connectivity index (χ3v) is 4.45. The first-order chi connectivity index (χ1) is 10.3. The van der Waals surface area contributed by atoms with Crippen LogP contribution >= 0.6 is 11.8 Å². The van der Waals surface area contributed by atoms with E-state index in [1.54, 1.807) is 11.8 Å². The summed E-state index contributed by atoms with van der Waals surface area (Å²) in [6.07, 6.45) is 2.41. The molecule has 0 saturated heterocycles. The molecule has 1 aliphatic carbocycles. The van der Waals surface area contributed by atoms with E-state index < -0.39 is 0 Å². The molecule has 1 fully saturated rings. The summed E-state index contributed by atoms with van der Waals surface area (Å²) in [7, 11) is 0. The van der Waals surface area contributed by atoms with Crippen LogP contribution in [0.4, 0.5) is 0 Å². The fraction of sp³-hybridized carbons (Fsp3) is 0.467. The molecule has 0 atom stereocenters. The van der Waals surface area contributed by atoms with Crippen LogP contribution in [0.25, 0.3) is 0 Å². The number of nitrogens with zero attached hydrogens (tertiary/aromatic N) is 3. The Labute approximate surface area is 128 Å². The van der Waals surface area contributed by atoms with Gasteiger partial charge < -0.3 is 15.0 Å². The summed E-state index contributed by atoms with van der Waals surface area (Å²) in [5, 5.41) is 9.46. The lowest BCUT2D eigenvalue weighted by atomic mass is 10.2. The zero-order valence-electron chi connectivity index (χ0n) is 12.2. The van der Waals surface area contributed by atoms with Crippen LogP contribution in [0.3, 0.4) is 0 Å². The van der Waals surface area contributed by atoms with Gasteiger partial charge in [0.2, 0.25) is 0 Å². The van der Waals surface area contributed by atoms with E-state index in [1.807, 2.05) is 25.1 Å². The number of thioether (sulfide) groups is 1. The molecule has 1 aliphatic rings. The van der Waals surface area contributed by atoms with Crippen LogP contribution in [0.2, 0.25) is 0 Å². The molecular formula is C15H20N4OS. The molecule has 1 aromatic heterocycles. The molecule has 3 rings (SSSR count). The molecule has 0 bridgehead atoms. The lowest BCUT2D eigenvalue weighted by Crippen LogP contribution is -2.08. The summed E-state index contributed by atoms with van der Waals surface area (Å²) in [6, 6.07) is 8.69. The molecule has 1 saturated carbocycles. The highest BCUT2D eigenvalue weighted by Crippen LogP contribution is 2.39. The van der Waals surface area contributed by atoms with Gasteiger partial charge in [0.25, 0.3) is 0 Å². The van der Waals surface area contributed by atoms with E-state index in [2.05, 4.69) is 20.8 Å². The fourth-order valence-electron chi connectivity index (χ4n) is 2.31. The molecule has 6 heteroatoms. The van der Waals surface area contributed by atoms with Gasteiger partial charge in [0.05, 0.1) is 13.2 Å². The molecule has 1 aromatic carbocycles. The number of para-hydroxylation sites is 1. The maximum Gasteiger partial charge on any atom is 0.191 e. The zero-order chi connectivity index (χ0) is 14.7. The number of hydrogen-bond acceptors (Lipinski definition) is 5. The number of rotatable bonds is 7. The van der Waals surface area contributed by atoms with Gasteiger partial charge >= 0.3 is 0 Å². The van der Waals surface area contributed by atoms with Gasteiger partial charge in [-0.3, -0.25) is 0 Å². The van der Waals surface area contributed by atoms with Crippen molar-refractivity contribution in [2.45, 2.75) is 43.3 Å². The van der Waals surface area contributed by atoms with Crippen molar-refractivity contribution >= 4 is 11.8 Å². The topological polar surface area (TPSA) is 66.0 Å². The Morgan fingerprint density at radius 2 is 2.14 bits per heavy atom. The van der Waals surface area contributed by atoms with E-state index in [0.29, 0.717) is 19.2 Å². The SMILES string of the molecule is CCOc1ccccc1CSc1nnc(CN)n1C1CC1. The Balaban J connectivity index is 1.75. The zero-order valence-corrected chi connectivity index (χ0v) is 13.0. The van der Waals surface area contributed by atoms with Gasteiger partial charge in [0.15, 0.2) is 5.16 Å². The van der Waals surface area contributed by atoms with E-state index in [9.17, 15) is 0 Å². The monoisotopic (exact) mass is 304 g/mol. The number of aromatic nitrogens is 3. The van der Waals surface area contributed by atoms with Crippen LogP contribution in [0.15, 0.2) is 29.4 Å². The molecule has 0 aliphatic heterocycles. The molecule has 0 unspecified atom stereocenters. The Morgan fingerprint density at radius 1 is 1.33 bits per heavy atom. The minimum absolute atomic E-state index is 0.444. The molecular weight excluding hydrogens is 284 g/mol. The van der Waals surface area contributed by atoms with E-state index in [0.717, 1.165) is 22.5 Å². The highest BCUT2D eigenvalue weighted by molar-refractivity contribution is 7.98. The number of ether oxygens (including phenoxy) is 1. The van der Waals surface area contributed by atoms with Crippen LogP contribution < -0.4 is 10.5 Å². The second kappa shape index (κ2) is 6.49. The van der Waals surface area contributed by atoms with Crippen molar-refractivity contribution in [1.82, 2.24) is 14.8 Å². The van der Waals surface area contributed by atoms with Crippen molar-refractivity contribution < 1.29 is 4.74 Å². The van der Waals surface area contributed by atoms with Crippen LogP contribution in [-0.4, -0.2) is 21.4 Å². The fourth-order valence-corrected chi connectivity index (χ4v) is 3.32. The Hall–Kier alpha value is -1.53. The van der Waals surface area contributed by atoms with Gasteiger partial charge in [-0.15, -0.1) is 10.2 Å². The van der Waals surface area contributed by atoms with Crippen molar-refractivity contribution in [2.75, 3.05) is 6.61 Å². The van der Waals surface area contributed by atoms with Crippen molar-refractivity contribution in [2.24, 2.45) is 5.73 Å². The first-order valence-corrected chi connectivity index (χ1v) is 8.29. The van der Waals surface area contributed by atoms with Crippen LogP contribution in [0, 0.1) is 0 Å². The summed E-state index contributed by atoms with van der Waals surface area (Å²) in [5.41, 5.74) is 6.93. The molecule has 1 heterocycles. The van der Waals surface area contributed by atoms with Crippen molar-refractivity contribution in [3.63, 3.8) is 0 Å². The van der Waals surface area contributed by atoms with Gasteiger partial charge in [0, 0.05) is 17.4 Å². The maximum absolute atomic E-state index is 5.75. The second-order valence-corrected chi connectivity index (χ2v) is 5.98. The van der Waals surface area contributed by atoms with Gasteiger partial charge in [-0.05, 0) is 25.8 Å². The molecule has 112 valence electrons. The third-order valence-electron chi connectivity index (χ3n) is 3.46. The highest BCUT2D eigenvalue weighted by Gasteiger charge is 2.29. The van der Waals surface area contributed by atoms with Crippen LogP contribution in [-0.2, 0) is 12.3 Å². The largest absolute Gasteiger partial charge is 0.494 e. The third kappa shape index (κ3) is 3.22. The molecule has 0 amide bonds. The average molecular weight is 304 g/mol. The Morgan fingerprint density at radius 3 is 2.86 bits per heavy atom. The predicted octanol–water partition coefficient (Wildman–Crippen LogP) is 2.76. The molecule has 2 aromatic rings. The van der Waals surface area contributed by atoms with E-state index >= 15 is 0 Å². The minimum Gasteiger partial charge on any atom is -0.494 e. The highest BCUT2D eigenvalue weighted by atomic mass is 32.2. The predicted molar refractivity (Wildman–Crippen MR) is 83.4 cm³/mol. The first kappa shape index (κ1) is 14.4. The minimum atomic E-state index is 0.444. The van der Waals surface area contributed by atoms with Crippen molar-refractivity contribution in [1.29, 1.82) is 0 Å². The Bertz CT molecular complexity index is 609. The van der Waals surface area contributed by atoms with E-state index in [-0.39, 0.29) is 0 Å². The van der Waals surface area contributed by atoms with Gasteiger partial charge in [0.1, 0.15) is 11.6 Å². The van der Waals surface area contributed by atoms with Crippen molar-refractivity contribution in [3.05, 3.63) is 35.7 Å². The summed E-state index contributed by atoms with van der Waals surface area (Å²) in [6.45, 7) is 3.12.